The van der Waals surface area contributed by atoms with Crippen molar-refractivity contribution in [3.63, 3.8) is 0 Å². The highest BCUT2D eigenvalue weighted by Gasteiger charge is 2.39. The number of halogens is 1. The Labute approximate surface area is 178 Å². The number of anilines is 1. The molecule has 0 unspecified atom stereocenters. The molecule has 154 valence electrons. The molecule has 2 heterocycles. The maximum atomic E-state index is 11.2. The first-order chi connectivity index (χ1) is 13.6. The molecular formula is C23H29ClN4O. The third kappa shape index (κ3) is 4.91. The minimum absolute atomic E-state index is 0. The van der Waals surface area contributed by atoms with Gasteiger partial charge in [-0.3, -0.25) is 4.79 Å². The Morgan fingerprint density at radius 3 is 2.55 bits per heavy atom. The lowest BCUT2D eigenvalue weighted by atomic mass is 9.97. The van der Waals surface area contributed by atoms with E-state index in [2.05, 4.69) is 40.5 Å². The van der Waals surface area contributed by atoms with Crippen LogP contribution in [0.15, 0.2) is 59.6 Å². The number of hydrogen-bond donors (Lipinski definition) is 2. The van der Waals surface area contributed by atoms with E-state index in [1.165, 1.54) is 25.3 Å². The zero-order valence-corrected chi connectivity index (χ0v) is 17.6. The molecule has 0 radical (unpaired) electrons. The van der Waals surface area contributed by atoms with Crippen molar-refractivity contribution in [2.24, 2.45) is 10.7 Å². The fourth-order valence-electron chi connectivity index (χ4n) is 4.57. The van der Waals surface area contributed by atoms with Gasteiger partial charge in [-0.15, -0.1) is 12.4 Å². The van der Waals surface area contributed by atoms with E-state index in [9.17, 15) is 4.79 Å². The molecule has 0 spiro atoms. The molecule has 5 nitrogen and oxygen atoms in total. The second kappa shape index (κ2) is 9.31. The largest absolute Gasteiger partial charge is 0.370 e. The number of benzene rings is 2. The third-order valence-electron chi connectivity index (χ3n) is 5.89. The summed E-state index contributed by atoms with van der Waals surface area (Å²) in [4.78, 5) is 18.4. The Morgan fingerprint density at radius 1 is 1.14 bits per heavy atom. The number of nitrogens with zero attached hydrogens (tertiary/aromatic N) is 2. The van der Waals surface area contributed by atoms with Crippen molar-refractivity contribution in [1.82, 2.24) is 4.90 Å². The van der Waals surface area contributed by atoms with Crippen LogP contribution in [-0.2, 0) is 11.2 Å². The van der Waals surface area contributed by atoms with Gasteiger partial charge in [0.1, 0.15) is 0 Å². The number of aliphatic imine (C=N–C) groups is 1. The lowest BCUT2D eigenvalue weighted by Gasteiger charge is -2.37. The average molecular weight is 413 g/mol. The van der Waals surface area contributed by atoms with Gasteiger partial charge in [0.15, 0.2) is 5.96 Å². The predicted octanol–water partition coefficient (Wildman–Crippen LogP) is 4.29. The van der Waals surface area contributed by atoms with Crippen molar-refractivity contribution in [3.8, 4) is 0 Å². The third-order valence-corrected chi connectivity index (χ3v) is 5.89. The Bertz CT molecular complexity index is 853. The number of nitrogens with two attached hydrogens (primary N) is 1. The molecule has 1 saturated heterocycles. The first kappa shape index (κ1) is 21.2. The van der Waals surface area contributed by atoms with E-state index in [4.69, 9.17) is 10.7 Å². The molecule has 2 aromatic carbocycles. The molecule has 2 aliphatic heterocycles. The summed E-state index contributed by atoms with van der Waals surface area (Å²) in [5.74, 6) is 0.624. The molecular weight excluding hydrogens is 384 g/mol. The fraction of sp³-hybridized carbons (Fsp3) is 0.391. The van der Waals surface area contributed by atoms with E-state index < -0.39 is 0 Å². The molecule has 6 heteroatoms. The number of carbonyl (C=O) groups is 1. The molecule has 1 fully saturated rings. The van der Waals surface area contributed by atoms with Gasteiger partial charge in [0.25, 0.3) is 0 Å². The maximum Gasteiger partial charge on any atom is 0.221 e. The molecule has 0 aliphatic carbocycles. The lowest BCUT2D eigenvalue weighted by Crippen LogP contribution is -2.48. The number of aryl methyl sites for hydroxylation is 1. The molecule has 0 aromatic heterocycles. The van der Waals surface area contributed by atoms with E-state index >= 15 is 0 Å². The van der Waals surface area contributed by atoms with E-state index in [0.29, 0.717) is 18.0 Å². The number of guanidine groups is 1. The molecule has 0 bridgehead atoms. The number of amides is 1. The lowest BCUT2D eigenvalue weighted by molar-refractivity contribution is -0.114. The SMILES string of the molecule is CC(=O)Nc1ccc([C@H]2C[C@H]3CC[C@H](CCc4ccccc4)N3C(N)=N2)cc1.Cl. The maximum absolute atomic E-state index is 11.2. The van der Waals surface area contributed by atoms with E-state index in [0.717, 1.165) is 30.5 Å². The smallest absolute Gasteiger partial charge is 0.221 e. The quantitative estimate of drug-likeness (QED) is 0.769. The number of hydrogen-bond acceptors (Lipinski definition) is 4. The van der Waals surface area contributed by atoms with Crippen LogP contribution in [0.1, 0.15) is 49.8 Å². The van der Waals surface area contributed by atoms with Crippen LogP contribution in [0, 0.1) is 0 Å². The minimum Gasteiger partial charge on any atom is -0.370 e. The van der Waals surface area contributed by atoms with Crippen molar-refractivity contribution in [2.75, 3.05) is 5.32 Å². The van der Waals surface area contributed by atoms with Crippen LogP contribution in [0.2, 0.25) is 0 Å². The van der Waals surface area contributed by atoms with Crippen molar-refractivity contribution in [1.29, 1.82) is 0 Å². The highest BCUT2D eigenvalue weighted by atomic mass is 35.5. The predicted molar refractivity (Wildman–Crippen MR) is 120 cm³/mol. The summed E-state index contributed by atoms with van der Waals surface area (Å²) >= 11 is 0. The zero-order valence-electron chi connectivity index (χ0n) is 16.8. The van der Waals surface area contributed by atoms with Crippen LogP contribution in [0.3, 0.4) is 0 Å². The Kier molecular flexibility index (Phi) is 6.80. The second-order valence-corrected chi connectivity index (χ2v) is 7.86. The summed E-state index contributed by atoms with van der Waals surface area (Å²) in [6.45, 7) is 1.52. The van der Waals surface area contributed by atoms with Gasteiger partial charge in [-0.25, -0.2) is 4.99 Å². The van der Waals surface area contributed by atoms with Crippen molar-refractivity contribution >= 4 is 30.0 Å². The van der Waals surface area contributed by atoms with Gasteiger partial charge in [-0.2, -0.15) is 0 Å². The van der Waals surface area contributed by atoms with Crippen LogP contribution < -0.4 is 11.1 Å². The van der Waals surface area contributed by atoms with Crippen molar-refractivity contribution < 1.29 is 4.79 Å². The van der Waals surface area contributed by atoms with Crippen molar-refractivity contribution in [2.45, 2.75) is 57.2 Å². The fourth-order valence-corrected chi connectivity index (χ4v) is 4.57. The summed E-state index contributed by atoms with van der Waals surface area (Å²) in [6.07, 6.45) is 5.56. The van der Waals surface area contributed by atoms with Gasteiger partial charge in [0.05, 0.1) is 6.04 Å². The number of rotatable bonds is 5. The highest BCUT2D eigenvalue weighted by Crippen LogP contribution is 2.38. The van der Waals surface area contributed by atoms with Crippen LogP contribution in [0.4, 0.5) is 5.69 Å². The van der Waals surface area contributed by atoms with Gasteiger partial charge < -0.3 is 16.0 Å². The van der Waals surface area contributed by atoms with Crippen LogP contribution >= 0.6 is 12.4 Å². The van der Waals surface area contributed by atoms with Crippen LogP contribution in [0.25, 0.3) is 0 Å². The average Bonchev–Trinajstić information content (AvgIpc) is 3.11. The van der Waals surface area contributed by atoms with Gasteiger partial charge in [0.2, 0.25) is 5.91 Å². The monoisotopic (exact) mass is 412 g/mol. The first-order valence-corrected chi connectivity index (χ1v) is 10.1. The van der Waals surface area contributed by atoms with E-state index in [1.807, 2.05) is 24.3 Å². The van der Waals surface area contributed by atoms with Crippen molar-refractivity contribution in [3.05, 3.63) is 65.7 Å². The molecule has 2 aromatic rings. The van der Waals surface area contributed by atoms with Gasteiger partial charge in [-0.1, -0.05) is 42.5 Å². The molecule has 0 saturated carbocycles. The zero-order chi connectivity index (χ0) is 19.5. The van der Waals surface area contributed by atoms with Gasteiger partial charge in [-0.05, 0) is 55.4 Å². The molecule has 4 rings (SSSR count). The second-order valence-electron chi connectivity index (χ2n) is 7.86. The molecule has 3 atom stereocenters. The first-order valence-electron chi connectivity index (χ1n) is 10.1. The highest BCUT2D eigenvalue weighted by molar-refractivity contribution is 5.88. The van der Waals surface area contributed by atoms with Gasteiger partial charge >= 0.3 is 0 Å². The Morgan fingerprint density at radius 2 is 1.86 bits per heavy atom. The van der Waals surface area contributed by atoms with Gasteiger partial charge in [0, 0.05) is 24.7 Å². The number of fused-ring (bicyclic) bond motifs is 1. The van der Waals surface area contributed by atoms with Crippen LogP contribution in [-0.4, -0.2) is 28.9 Å². The van der Waals surface area contributed by atoms with E-state index in [1.54, 1.807) is 0 Å². The summed E-state index contributed by atoms with van der Waals surface area (Å²) < 4.78 is 0. The standard InChI is InChI=1S/C23H28N4O.ClH/c1-16(28)25-19-10-8-18(9-11-19)22-15-21-14-13-20(27(21)23(24)26-22)12-7-17-5-3-2-4-6-17;/h2-6,8-11,20-22H,7,12-15H2,1H3,(H2,24,26)(H,25,28);1H/t20-,21+,22+;/m0./s1. The number of carbonyl (C=O) groups excluding carboxylic acids is 1. The summed E-state index contributed by atoms with van der Waals surface area (Å²) in [5, 5.41) is 2.81. The molecule has 3 N–H and O–H groups in total. The van der Waals surface area contributed by atoms with E-state index in [-0.39, 0.29) is 24.4 Å². The minimum atomic E-state index is -0.0594. The molecule has 1 amide bonds. The Balaban J connectivity index is 0.00000240. The number of nitrogens with one attached hydrogen (secondary N) is 1. The molecule has 2 aliphatic rings. The van der Waals surface area contributed by atoms with Crippen LogP contribution in [0.5, 0.6) is 0 Å². The summed E-state index contributed by atoms with van der Waals surface area (Å²) in [7, 11) is 0. The summed E-state index contributed by atoms with van der Waals surface area (Å²) in [6, 6.07) is 19.7. The topological polar surface area (TPSA) is 70.7 Å². The Hall–Kier alpha value is -2.53. The molecule has 29 heavy (non-hydrogen) atoms. The summed E-state index contributed by atoms with van der Waals surface area (Å²) in [5.41, 5.74) is 9.78. The normalized spacial score (nSPS) is 23.0.